The number of rotatable bonds is 1. The van der Waals surface area contributed by atoms with Gasteiger partial charge >= 0.3 is 0 Å². The molecule has 0 spiro atoms. The molecule has 0 saturated carbocycles. The van der Waals surface area contributed by atoms with Crippen LogP contribution in [0.5, 0.6) is 0 Å². The summed E-state index contributed by atoms with van der Waals surface area (Å²) in [4.78, 5) is 8.30. The van der Waals surface area contributed by atoms with E-state index in [2.05, 4.69) is 9.97 Å². The predicted molar refractivity (Wildman–Crippen MR) is 55.8 cm³/mol. The first kappa shape index (κ1) is 10.5. The summed E-state index contributed by atoms with van der Waals surface area (Å²) in [7, 11) is -2.97. The van der Waals surface area contributed by atoms with Crippen LogP contribution in [0.15, 0.2) is 6.20 Å². The van der Waals surface area contributed by atoms with E-state index in [0.29, 0.717) is 17.9 Å². The second-order valence-electron chi connectivity index (χ2n) is 3.83. The topological polar surface area (TPSA) is 85.9 Å². The second-order valence-corrected chi connectivity index (χ2v) is 6.01. The third kappa shape index (κ3) is 2.15. The molecular weight excluding hydrogens is 214 g/mol. The van der Waals surface area contributed by atoms with Crippen LogP contribution in [-0.2, 0) is 22.0 Å². The molecule has 82 valence electrons. The number of hydrogen-bond donors (Lipinski definition) is 1. The smallest absolute Gasteiger partial charge is 0.156 e. The Bertz CT molecular complexity index is 482. The molecule has 0 saturated heterocycles. The van der Waals surface area contributed by atoms with Crippen molar-refractivity contribution in [2.75, 3.05) is 5.75 Å². The van der Waals surface area contributed by atoms with Crippen molar-refractivity contribution >= 4 is 9.84 Å². The van der Waals surface area contributed by atoms with Gasteiger partial charge in [0.2, 0.25) is 0 Å². The van der Waals surface area contributed by atoms with Crippen molar-refractivity contribution in [2.24, 2.45) is 5.73 Å². The van der Waals surface area contributed by atoms with E-state index in [1.165, 1.54) is 0 Å². The van der Waals surface area contributed by atoms with Crippen molar-refractivity contribution in [1.82, 2.24) is 9.97 Å². The number of nitrogens with zero attached hydrogens (tertiary/aromatic N) is 2. The molecule has 1 unspecified atom stereocenters. The average molecular weight is 227 g/mol. The second kappa shape index (κ2) is 3.53. The standard InChI is InChI=1S/C9H13N3O2S/c1-6(10)9-11-4-7-2-3-15(13,14)5-8(7)12-9/h4,6H,2-3,5,10H2,1H3. The molecule has 1 aliphatic heterocycles. The summed E-state index contributed by atoms with van der Waals surface area (Å²) >= 11 is 0. The van der Waals surface area contributed by atoms with Crippen molar-refractivity contribution in [2.45, 2.75) is 25.1 Å². The minimum Gasteiger partial charge on any atom is -0.322 e. The van der Waals surface area contributed by atoms with Crippen LogP contribution in [0.25, 0.3) is 0 Å². The van der Waals surface area contributed by atoms with Crippen LogP contribution in [0.1, 0.15) is 30.0 Å². The monoisotopic (exact) mass is 227 g/mol. The van der Waals surface area contributed by atoms with E-state index >= 15 is 0 Å². The van der Waals surface area contributed by atoms with Gasteiger partial charge in [0.15, 0.2) is 9.84 Å². The fraction of sp³-hybridized carbons (Fsp3) is 0.556. The van der Waals surface area contributed by atoms with Crippen LogP contribution in [0.2, 0.25) is 0 Å². The summed E-state index contributed by atoms with van der Waals surface area (Å²) < 4.78 is 22.8. The molecule has 0 fully saturated rings. The van der Waals surface area contributed by atoms with E-state index in [1.807, 2.05) is 0 Å². The SMILES string of the molecule is CC(N)c1ncc2c(n1)CS(=O)(=O)CC2. The zero-order chi connectivity index (χ0) is 11.1. The molecule has 1 atom stereocenters. The maximum Gasteiger partial charge on any atom is 0.156 e. The molecule has 0 aliphatic carbocycles. The summed E-state index contributed by atoms with van der Waals surface area (Å²) in [5.74, 6) is 0.719. The maximum absolute atomic E-state index is 11.4. The Morgan fingerprint density at radius 2 is 2.27 bits per heavy atom. The van der Waals surface area contributed by atoms with Crippen molar-refractivity contribution < 1.29 is 8.42 Å². The van der Waals surface area contributed by atoms with Gasteiger partial charge in [-0.15, -0.1) is 0 Å². The van der Waals surface area contributed by atoms with Gasteiger partial charge in [0, 0.05) is 6.20 Å². The molecule has 2 heterocycles. The van der Waals surface area contributed by atoms with E-state index < -0.39 is 9.84 Å². The highest BCUT2D eigenvalue weighted by Gasteiger charge is 2.23. The lowest BCUT2D eigenvalue weighted by Crippen LogP contribution is -2.22. The van der Waals surface area contributed by atoms with Gasteiger partial charge in [0.1, 0.15) is 5.82 Å². The zero-order valence-electron chi connectivity index (χ0n) is 8.47. The Labute approximate surface area is 88.7 Å². The molecular formula is C9H13N3O2S. The molecule has 5 nitrogen and oxygen atoms in total. The first-order chi connectivity index (χ1) is 6.98. The average Bonchev–Trinajstić information content (AvgIpc) is 2.15. The summed E-state index contributed by atoms with van der Waals surface area (Å²) in [5, 5.41) is 0. The molecule has 1 aromatic heterocycles. The highest BCUT2D eigenvalue weighted by Crippen LogP contribution is 2.19. The fourth-order valence-electron chi connectivity index (χ4n) is 1.56. The summed E-state index contributed by atoms with van der Waals surface area (Å²) in [6, 6.07) is -0.264. The van der Waals surface area contributed by atoms with Crippen LogP contribution in [0.3, 0.4) is 0 Å². The zero-order valence-corrected chi connectivity index (χ0v) is 9.29. The molecule has 2 N–H and O–H groups in total. The molecule has 1 aliphatic rings. The molecule has 15 heavy (non-hydrogen) atoms. The molecule has 0 bridgehead atoms. The van der Waals surface area contributed by atoms with Crippen LogP contribution >= 0.6 is 0 Å². The van der Waals surface area contributed by atoms with Crippen LogP contribution in [0, 0.1) is 0 Å². The van der Waals surface area contributed by atoms with Crippen molar-refractivity contribution in [3.05, 3.63) is 23.3 Å². The molecule has 2 rings (SSSR count). The lowest BCUT2D eigenvalue weighted by Gasteiger charge is -2.16. The number of sulfone groups is 1. The lowest BCUT2D eigenvalue weighted by atomic mass is 10.2. The van der Waals surface area contributed by atoms with E-state index in [-0.39, 0.29) is 17.5 Å². The number of nitrogens with two attached hydrogens (primary N) is 1. The van der Waals surface area contributed by atoms with Crippen molar-refractivity contribution in [3.8, 4) is 0 Å². The van der Waals surface area contributed by atoms with Gasteiger partial charge in [-0.25, -0.2) is 18.4 Å². The molecule has 0 aromatic carbocycles. The van der Waals surface area contributed by atoms with E-state index in [9.17, 15) is 8.42 Å². The number of aryl methyl sites for hydroxylation is 1. The molecule has 0 radical (unpaired) electrons. The Morgan fingerprint density at radius 1 is 1.53 bits per heavy atom. The highest BCUT2D eigenvalue weighted by atomic mass is 32.2. The van der Waals surface area contributed by atoms with Crippen LogP contribution < -0.4 is 5.73 Å². The lowest BCUT2D eigenvalue weighted by molar-refractivity contribution is 0.589. The first-order valence-electron chi connectivity index (χ1n) is 4.78. The van der Waals surface area contributed by atoms with E-state index in [1.54, 1.807) is 13.1 Å². The van der Waals surface area contributed by atoms with Crippen molar-refractivity contribution in [3.63, 3.8) is 0 Å². The predicted octanol–water partition coefficient (Wildman–Crippen LogP) is -0.0328. The third-order valence-electron chi connectivity index (χ3n) is 2.42. The first-order valence-corrected chi connectivity index (χ1v) is 6.61. The minimum atomic E-state index is -2.97. The van der Waals surface area contributed by atoms with Crippen molar-refractivity contribution in [1.29, 1.82) is 0 Å². The summed E-state index contributed by atoms with van der Waals surface area (Å²) in [6.45, 7) is 1.78. The minimum absolute atomic E-state index is 0.0184. The Hall–Kier alpha value is -1.01. The molecule has 1 aromatic rings. The maximum atomic E-state index is 11.4. The summed E-state index contributed by atoms with van der Waals surface area (Å²) in [5.41, 5.74) is 7.18. The fourth-order valence-corrected chi connectivity index (χ4v) is 2.90. The third-order valence-corrected chi connectivity index (χ3v) is 3.96. The summed E-state index contributed by atoms with van der Waals surface area (Å²) in [6.07, 6.45) is 2.20. The molecule has 6 heteroatoms. The van der Waals surface area contributed by atoms with Gasteiger partial charge < -0.3 is 5.73 Å². The van der Waals surface area contributed by atoms with E-state index in [4.69, 9.17) is 5.73 Å². The van der Waals surface area contributed by atoms with Gasteiger partial charge in [-0.05, 0) is 18.9 Å². The molecule has 0 amide bonds. The normalized spacial score (nSPS) is 20.7. The van der Waals surface area contributed by atoms with E-state index in [0.717, 1.165) is 5.56 Å². The van der Waals surface area contributed by atoms with Gasteiger partial charge in [-0.1, -0.05) is 0 Å². The Balaban J connectivity index is 2.44. The Kier molecular flexibility index (Phi) is 2.47. The van der Waals surface area contributed by atoms with Gasteiger partial charge in [-0.2, -0.15) is 0 Å². The largest absolute Gasteiger partial charge is 0.322 e. The number of fused-ring (bicyclic) bond motifs is 1. The van der Waals surface area contributed by atoms with Gasteiger partial charge in [0.05, 0.1) is 23.2 Å². The Morgan fingerprint density at radius 3 is 2.93 bits per heavy atom. The highest BCUT2D eigenvalue weighted by molar-refractivity contribution is 7.90. The van der Waals surface area contributed by atoms with Gasteiger partial charge in [0.25, 0.3) is 0 Å². The number of hydrogen-bond acceptors (Lipinski definition) is 5. The quantitative estimate of drug-likeness (QED) is 0.728. The van der Waals surface area contributed by atoms with Crippen LogP contribution in [0.4, 0.5) is 0 Å². The van der Waals surface area contributed by atoms with Gasteiger partial charge in [-0.3, -0.25) is 0 Å². The van der Waals surface area contributed by atoms with Crippen LogP contribution in [-0.4, -0.2) is 24.1 Å². The number of aromatic nitrogens is 2.